The highest BCUT2D eigenvalue weighted by Gasteiger charge is 2.26. The monoisotopic (exact) mass is 275 g/mol. The highest BCUT2D eigenvalue weighted by Crippen LogP contribution is 2.24. The Morgan fingerprint density at radius 3 is 2.70 bits per heavy atom. The van der Waals surface area contributed by atoms with Crippen LogP contribution in [0.1, 0.15) is 36.0 Å². The predicted molar refractivity (Wildman–Crippen MR) is 72.2 cm³/mol. The van der Waals surface area contributed by atoms with Crippen LogP contribution in [-0.2, 0) is 0 Å². The minimum absolute atomic E-state index is 0.0312. The molecule has 0 saturated heterocycles. The molecular weight excluding hydrogens is 258 g/mol. The highest BCUT2D eigenvalue weighted by molar-refractivity contribution is 5.97. The van der Waals surface area contributed by atoms with Gasteiger partial charge in [0.25, 0.3) is 5.91 Å². The molecule has 1 aliphatic rings. The number of carbonyl (C=O) groups is 1. The summed E-state index contributed by atoms with van der Waals surface area (Å²) in [5.74, 6) is -0.0312. The van der Waals surface area contributed by atoms with E-state index in [9.17, 15) is 9.90 Å². The molecule has 6 nitrogen and oxygen atoms in total. The van der Waals surface area contributed by atoms with Crippen molar-refractivity contribution in [1.29, 1.82) is 0 Å². The van der Waals surface area contributed by atoms with Gasteiger partial charge in [-0.25, -0.2) is 4.63 Å². The van der Waals surface area contributed by atoms with E-state index in [0.717, 1.165) is 25.7 Å². The van der Waals surface area contributed by atoms with E-state index in [1.165, 1.54) is 0 Å². The summed E-state index contributed by atoms with van der Waals surface area (Å²) < 4.78 is 4.64. The summed E-state index contributed by atoms with van der Waals surface area (Å²) in [6, 6.07) is 5.36. The van der Waals surface area contributed by atoms with Crippen molar-refractivity contribution >= 4 is 16.9 Å². The lowest BCUT2D eigenvalue weighted by atomic mass is 9.92. The third-order valence-corrected chi connectivity index (χ3v) is 4.04. The number of benzene rings is 1. The molecule has 1 aromatic heterocycles. The summed E-state index contributed by atoms with van der Waals surface area (Å²) in [5, 5.41) is 17.0. The first-order valence-electron chi connectivity index (χ1n) is 6.82. The second-order valence-corrected chi connectivity index (χ2v) is 5.35. The number of rotatable bonds is 2. The SMILES string of the molecule is CN(C(=O)c1ccc2nonc2c1)C1CCC(O)CC1. The maximum absolute atomic E-state index is 12.5. The molecule has 1 aliphatic carbocycles. The summed E-state index contributed by atoms with van der Waals surface area (Å²) in [7, 11) is 1.82. The van der Waals surface area contributed by atoms with Crippen LogP contribution >= 0.6 is 0 Å². The van der Waals surface area contributed by atoms with Crippen molar-refractivity contribution in [1.82, 2.24) is 15.2 Å². The predicted octanol–water partition coefficient (Wildman–Crippen LogP) is 1.60. The van der Waals surface area contributed by atoms with Gasteiger partial charge in [0, 0.05) is 18.7 Å². The smallest absolute Gasteiger partial charge is 0.253 e. The lowest BCUT2D eigenvalue weighted by molar-refractivity contribution is 0.0569. The van der Waals surface area contributed by atoms with E-state index in [4.69, 9.17) is 0 Å². The molecule has 0 atom stereocenters. The van der Waals surface area contributed by atoms with Crippen LogP contribution in [-0.4, -0.2) is 45.4 Å². The second-order valence-electron chi connectivity index (χ2n) is 5.35. The second kappa shape index (κ2) is 5.20. The number of aromatic nitrogens is 2. The van der Waals surface area contributed by atoms with Crippen LogP contribution in [0.25, 0.3) is 11.0 Å². The van der Waals surface area contributed by atoms with E-state index in [0.29, 0.717) is 16.6 Å². The summed E-state index contributed by atoms with van der Waals surface area (Å²) in [6.07, 6.45) is 2.99. The number of carbonyl (C=O) groups excluding carboxylic acids is 1. The van der Waals surface area contributed by atoms with E-state index >= 15 is 0 Å². The first-order valence-corrected chi connectivity index (χ1v) is 6.82. The molecule has 106 valence electrons. The van der Waals surface area contributed by atoms with Gasteiger partial charge in [-0.1, -0.05) is 0 Å². The van der Waals surface area contributed by atoms with Crippen molar-refractivity contribution in [2.24, 2.45) is 0 Å². The van der Waals surface area contributed by atoms with Crippen molar-refractivity contribution in [3.63, 3.8) is 0 Å². The molecule has 1 heterocycles. The number of nitrogens with zero attached hydrogens (tertiary/aromatic N) is 3. The maximum Gasteiger partial charge on any atom is 0.253 e. The van der Waals surface area contributed by atoms with Crippen molar-refractivity contribution in [3.05, 3.63) is 23.8 Å². The Kier molecular flexibility index (Phi) is 3.40. The summed E-state index contributed by atoms with van der Waals surface area (Å²) >= 11 is 0. The molecular formula is C14H17N3O3. The van der Waals surface area contributed by atoms with Crippen LogP contribution in [0.15, 0.2) is 22.8 Å². The molecule has 1 fully saturated rings. The third-order valence-electron chi connectivity index (χ3n) is 4.04. The van der Waals surface area contributed by atoms with Crippen molar-refractivity contribution in [3.8, 4) is 0 Å². The quantitative estimate of drug-likeness (QED) is 0.900. The Morgan fingerprint density at radius 1 is 1.25 bits per heavy atom. The van der Waals surface area contributed by atoms with E-state index in [1.807, 2.05) is 7.05 Å². The molecule has 0 spiro atoms. The van der Waals surface area contributed by atoms with Gasteiger partial charge < -0.3 is 10.0 Å². The number of hydrogen-bond donors (Lipinski definition) is 1. The van der Waals surface area contributed by atoms with Crippen molar-refractivity contribution in [2.45, 2.75) is 37.8 Å². The molecule has 0 unspecified atom stereocenters. The average Bonchev–Trinajstić information content (AvgIpc) is 2.94. The molecule has 3 rings (SSSR count). The van der Waals surface area contributed by atoms with E-state index in [-0.39, 0.29) is 18.1 Å². The van der Waals surface area contributed by atoms with Crippen LogP contribution in [0.2, 0.25) is 0 Å². The van der Waals surface area contributed by atoms with Crippen LogP contribution in [0.3, 0.4) is 0 Å². The zero-order chi connectivity index (χ0) is 14.1. The molecule has 0 aliphatic heterocycles. The fraction of sp³-hybridized carbons (Fsp3) is 0.500. The summed E-state index contributed by atoms with van der Waals surface area (Å²) in [6.45, 7) is 0. The maximum atomic E-state index is 12.5. The zero-order valence-corrected chi connectivity index (χ0v) is 11.3. The van der Waals surface area contributed by atoms with Gasteiger partial charge in [-0.3, -0.25) is 4.79 Å². The Hall–Kier alpha value is -1.95. The number of aliphatic hydroxyl groups is 1. The number of hydrogen-bond acceptors (Lipinski definition) is 5. The van der Waals surface area contributed by atoms with Gasteiger partial charge in [0.05, 0.1) is 6.10 Å². The van der Waals surface area contributed by atoms with Gasteiger partial charge in [-0.15, -0.1) is 0 Å². The van der Waals surface area contributed by atoms with Gasteiger partial charge in [-0.2, -0.15) is 0 Å². The largest absolute Gasteiger partial charge is 0.393 e. The van der Waals surface area contributed by atoms with Crippen LogP contribution in [0, 0.1) is 0 Å². The lowest BCUT2D eigenvalue weighted by Crippen LogP contribution is -2.40. The molecule has 0 bridgehead atoms. The van der Waals surface area contributed by atoms with E-state index in [1.54, 1.807) is 23.1 Å². The molecule has 20 heavy (non-hydrogen) atoms. The number of amides is 1. The molecule has 2 aromatic rings. The van der Waals surface area contributed by atoms with Crippen molar-refractivity contribution < 1.29 is 14.5 Å². The van der Waals surface area contributed by atoms with Gasteiger partial charge in [0.2, 0.25) is 0 Å². The third kappa shape index (κ3) is 2.38. The van der Waals surface area contributed by atoms with Crippen molar-refractivity contribution in [2.75, 3.05) is 7.05 Å². The van der Waals surface area contributed by atoms with Crippen LogP contribution in [0.4, 0.5) is 0 Å². The van der Waals surface area contributed by atoms with E-state index in [2.05, 4.69) is 14.9 Å². The first-order chi connectivity index (χ1) is 9.65. The minimum Gasteiger partial charge on any atom is -0.393 e. The van der Waals surface area contributed by atoms with E-state index < -0.39 is 0 Å². The Morgan fingerprint density at radius 2 is 1.95 bits per heavy atom. The molecule has 1 aromatic carbocycles. The molecule has 1 N–H and O–H groups in total. The molecule has 6 heteroatoms. The van der Waals surface area contributed by atoms with Crippen LogP contribution in [0.5, 0.6) is 0 Å². The zero-order valence-electron chi connectivity index (χ0n) is 11.3. The van der Waals surface area contributed by atoms with Gasteiger partial charge >= 0.3 is 0 Å². The standard InChI is InChI=1S/C14H17N3O3/c1-17(10-3-5-11(18)6-4-10)14(19)9-2-7-12-13(8-9)16-20-15-12/h2,7-8,10-11,18H,3-6H2,1H3. The molecule has 1 saturated carbocycles. The topological polar surface area (TPSA) is 79.5 Å². The fourth-order valence-electron chi connectivity index (χ4n) is 2.73. The normalized spacial score (nSPS) is 22.9. The lowest BCUT2D eigenvalue weighted by Gasteiger charge is -2.33. The number of fused-ring (bicyclic) bond motifs is 1. The van der Waals surface area contributed by atoms with Gasteiger partial charge in [0.15, 0.2) is 0 Å². The molecule has 1 amide bonds. The highest BCUT2D eigenvalue weighted by atomic mass is 16.6. The van der Waals surface area contributed by atoms with Gasteiger partial charge in [0.1, 0.15) is 11.0 Å². The van der Waals surface area contributed by atoms with Gasteiger partial charge in [-0.05, 0) is 54.2 Å². The number of aliphatic hydroxyl groups excluding tert-OH is 1. The fourth-order valence-corrected chi connectivity index (χ4v) is 2.73. The van der Waals surface area contributed by atoms with Crippen LogP contribution < -0.4 is 0 Å². The Balaban J connectivity index is 1.77. The average molecular weight is 275 g/mol. The first kappa shape index (κ1) is 13.1. The Bertz CT molecular complexity index is 617. The minimum atomic E-state index is -0.215. The molecule has 0 radical (unpaired) electrons. The summed E-state index contributed by atoms with van der Waals surface area (Å²) in [5.41, 5.74) is 1.81. The Labute approximate surface area is 116 Å². The summed E-state index contributed by atoms with van der Waals surface area (Å²) in [4.78, 5) is 14.2.